The SMILES string of the molecule is CCCCC/C=C\C/C=C\CCCCCCCCOCC(COP(=O)(O)OCC[N+](C)(C)C)OC(=O)CCCCCCC/C=C\CCCCC. The van der Waals surface area contributed by atoms with Gasteiger partial charge in [0.05, 0.1) is 34.4 Å². The molecular formula is C41H79NO7P+. The fraction of sp³-hybridized carbons (Fsp3) is 0.829. The minimum Gasteiger partial charge on any atom is -0.457 e. The highest BCUT2D eigenvalue weighted by Gasteiger charge is 2.26. The second-order valence-electron chi connectivity index (χ2n) is 14.7. The van der Waals surface area contributed by atoms with Gasteiger partial charge in [-0.3, -0.25) is 13.8 Å². The van der Waals surface area contributed by atoms with Crippen molar-refractivity contribution in [3.63, 3.8) is 0 Å². The van der Waals surface area contributed by atoms with Crippen LogP contribution in [0.3, 0.4) is 0 Å². The van der Waals surface area contributed by atoms with Crippen molar-refractivity contribution in [2.45, 2.75) is 168 Å². The third kappa shape index (κ3) is 38.0. The minimum atomic E-state index is -4.27. The Labute approximate surface area is 308 Å². The fourth-order valence-electron chi connectivity index (χ4n) is 5.22. The molecule has 0 aromatic rings. The average Bonchev–Trinajstić information content (AvgIpc) is 3.06. The van der Waals surface area contributed by atoms with Crippen LogP contribution < -0.4 is 0 Å². The molecule has 0 radical (unpaired) electrons. The monoisotopic (exact) mass is 729 g/mol. The summed E-state index contributed by atoms with van der Waals surface area (Å²) >= 11 is 0. The van der Waals surface area contributed by atoms with Crippen LogP contribution in [0.5, 0.6) is 0 Å². The molecule has 0 fully saturated rings. The van der Waals surface area contributed by atoms with E-state index in [9.17, 15) is 14.3 Å². The predicted molar refractivity (Wildman–Crippen MR) is 210 cm³/mol. The smallest absolute Gasteiger partial charge is 0.457 e. The Morgan fingerprint density at radius 2 is 1.10 bits per heavy atom. The quantitative estimate of drug-likeness (QED) is 0.0224. The number of phosphoric ester groups is 1. The number of ether oxygens (including phenoxy) is 2. The van der Waals surface area contributed by atoms with E-state index in [1.165, 1.54) is 83.5 Å². The summed E-state index contributed by atoms with van der Waals surface area (Å²) in [6.45, 7) is 5.53. The lowest BCUT2D eigenvalue weighted by molar-refractivity contribution is -0.870. The standard InChI is InChI=1S/C41H78NO7P/c1-6-8-10-12-14-16-18-20-21-22-23-25-27-29-31-33-36-46-38-40(39-48-50(44,45)47-37-35-42(3,4)5)49-41(43)34-32-30-28-26-24-19-17-15-13-11-9-7-2/h14-17,20-21,40H,6-13,18-19,22-39H2,1-5H3/p+1/b16-14-,17-15-,21-20-. The third-order valence-corrected chi connectivity index (χ3v) is 9.41. The summed E-state index contributed by atoms with van der Waals surface area (Å²) in [5.41, 5.74) is 0. The van der Waals surface area contributed by atoms with Gasteiger partial charge in [-0.1, -0.05) is 121 Å². The first-order chi connectivity index (χ1) is 24.1. The number of rotatable bonds is 37. The van der Waals surface area contributed by atoms with Crippen molar-refractivity contribution in [3.05, 3.63) is 36.5 Å². The van der Waals surface area contributed by atoms with Gasteiger partial charge in [0.1, 0.15) is 19.3 Å². The number of allylic oxidation sites excluding steroid dienone is 6. The molecule has 0 saturated heterocycles. The van der Waals surface area contributed by atoms with E-state index in [0.717, 1.165) is 57.8 Å². The van der Waals surface area contributed by atoms with Crippen molar-refractivity contribution in [1.82, 2.24) is 0 Å². The molecule has 0 aliphatic carbocycles. The molecule has 0 aliphatic rings. The van der Waals surface area contributed by atoms with Crippen LogP contribution in [0.1, 0.15) is 162 Å². The lowest BCUT2D eigenvalue weighted by Crippen LogP contribution is -2.37. The maximum absolute atomic E-state index is 12.6. The molecule has 8 nitrogen and oxygen atoms in total. The fourth-order valence-corrected chi connectivity index (χ4v) is 5.96. The first-order valence-electron chi connectivity index (χ1n) is 20.2. The van der Waals surface area contributed by atoms with E-state index in [2.05, 4.69) is 50.3 Å². The van der Waals surface area contributed by atoms with Gasteiger partial charge < -0.3 is 18.9 Å². The van der Waals surface area contributed by atoms with Gasteiger partial charge in [-0.15, -0.1) is 0 Å². The summed E-state index contributed by atoms with van der Waals surface area (Å²) in [7, 11) is 1.65. The minimum absolute atomic E-state index is 0.0844. The van der Waals surface area contributed by atoms with Crippen LogP contribution in [-0.4, -0.2) is 75.6 Å². The highest BCUT2D eigenvalue weighted by Crippen LogP contribution is 2.43. The van der Waals surface area contributed by atoms with Gasteiger partial charge in [0.15, 0.2) is 0 Å². The largest absolute Gasteiger partial charge is 0.472 e. The van der Waals surface area contributed by atoms with E-state index in [-0.39, 0.29) is 25.8 Å². The predicted octanol–water partition coefficient (Wildman–Crippen LogP) is 11.4. The maximum atomic E-state index is 12.6. The number of hydrogen-bond acceptors (Lipinski definition) is 6. The lowest BCUT2D eigenvalue weighted by atomic mass is 10.1. The van der Waals surface area contributed by atoms with Crippen LogP contribution in [0.2, 0.25) is 0 Å². The van der Waals surface area contributed by atoms with Crippen molar-refractivity contribution < 1.29 is 37.3 Å². The molecule has 0 amide bonds. The van der Waals surface area contributed by atoms with E-state index in [0.29, 0.717) is 24.1 Å². The number of carbonyl (C=O) groups is 1. The topological polar surface area (TPSA) is 91.3 Å². The van der Waals surface area contributed by atoms with E-state index < -0.39 is 13.9 Å². The molecule has 50 heavy (non-hydrogen) atoms. The highest BCUT2D eigenvalue weighted by molar-refractivity contribution is 7.47. The molecule has 0 aromatic heterocycles. The Morgan fingerprint density at radius 3 is 1.64 bits per heavy atom. The number of phosphoric acid groups is 1. The number of likely N-dealkylation sites (N-methyl/N-ethyl adjacent to an activating group) is 1. The molecule has 0 saturated carbocycles. The highest BCUT2D eigenvalue weighted by atomic mass is 31.2. The summed E-state index contributed by atoms with van der Waals surface area (Å²) in [5, 5.41) is 0. The summed E-state index contributed by atoms with van der Waals surface area (Å²) in [6, 6.07) is 0. The van der Waals surface area contributed by atoms with Crippen LogP contribution in [0, 0.1) is 0 Å². The van der Waals surface area contributed by atoms with Gasteiger partial charge in [0, 0.05) is 13.0 Å². The molecule has 0 heterocycles. The number of hydrogen-bond donors (Lipinski definition) is 1. The molecule has 0 aromatic carbocycles. The van der Waals surface area contributed by atoms with Gasteiger partial charge in [-0.25, -0.2) is 4.57 Å². The van der Waals surface area contributed by atoms with Crippen molar-refractivity contribution in [2.24, 2.45) is 0 Å². The average molecular weight is 729 g/mol. The zero-order valence-corrected chi connectivity index (χ0v) is 34.0. The zero-order chi connectivity index (χ0) is 37.0. The Balaban J connectivity index is 4.30. The molecule has 0 spiro atoms. The zero-order valence-electron chi connectivity index (χ0n) is 33.1. The molecule has 294 valence electrons. The van der Waals surface area contributed by atoms with Crippen LogP contribution in [0.15, 0.2) is 36.5 Å². The molecule has 2 unspecified atom stereocenters. The first-order valence-corrected chi connectivity index (χ1v) is 21.7. The Hall–Kier alpha value is -1.28. The summed E-state index contributed by atoms with van der Waals surface area (Å²) in [6.07, 6.45) is 38.8. The Morgan fingerprint density at radius 1 is 0.620 bits per heavy atom. The van der Waals surface area contributed by atoms with Crippen molar-refractivity contribution in [3.8, 4) is 0 Å². The molecule has 0 aliphatic heterocycles. The van der Waals surface area contributed by atoms with Gasteiger partial charge in [-0.05, 0) is 70.6 Å². The molecule has 2 atom stereocenters. The van der Waals surface area contributed by atoms with Crippen molar-refractivity contribution >= 4 is 13.8 Å². The second-order valence-corrected chi connectivity index (χ2v) is 16.1. The molecule has 9 heteroatoms. The summed E-state index contributed by atoms with van der Waals surface area (Å²) < 4.78 is 34.9. The lowest BCUT2D eigenvalue weighted by Gasteiger charge is -2.24. The van der Waals surface area contributed by atoms with Crippen LogP contribution >= 0.6 is 7.82 Å². The number of quaternary nitrogens is 1. The van der Waals surface area contributed by atoms with Gasteiger partial charge >= 0.3 is 13.8 Å². The van der Waals surface area contributed by atoms with Crippen LogP contribution in [0.4, 0.5) is 0 Å². The van der Waals surface area contributed by atoms with E-state index in [4.69, 9.17) is 18.5 Å². The van der Waals surface area contributed by atoms with E-state index in [1.54, 1.807) is 0 Å². The molecule has 0 bridgehead atoms. The first kappa shape index (κ1) is 48.7. The summed E-state index contributed by atoms with van der Waals surface area (Å²) in [4.78, 5) is 22.8. The van der Waals surface area contributed by atoms with E-state index >= 15 is 0 Å². The Bertz CT molecular complexity index is 900. The number of carbonyl (C=O) groups excluding carboxylic acids is 1. The van der Waals surface area contributed by atoms with Gasteiger partial charge in [0.25, 0.3) is 0 Å². The third-order valence-electron chi connectivity index (χ3n) is 8.42. The van der Waals surface area contributed by atoms with E-state index in [1.807, 2.05) is 21.1 Å². The molecular weight excluding hydrogens is 649 g/mol. The number of nitrogens with zero attached hydrogens (tertiary/aromatic N) is 1. The van der Waals surface area contributed by atoms with Crippen molar-refractivity contribution in [2.75, 3.05) is 54.1 Å². The van der Waals surface area contributed by atoms with Gasteiger partial charge in [-0.2, -0.15) is 0 Å². The van der Waals surface area contributed by atoms with Crippen molar-refractivity contribution in [1.29, 1.82) is 0 Å². The normalized spacial score (nSPS) is 14.3. The van der Waals surface area contributed by atoms with Gasteiger partial charge in [0.2, 0.25) is 0 Å². The Kier molecular flexibility index (Phi) is 33.9. The maximum Gasteiger partial charge on any atom is 0.472 e. The molecule has 0 rings (SSSR count). The number of unbranched alkanes of at least 4 members (excludes halogenated alkanes) is 17. The van der Waals surface area contributed by atoms with Crippen LogP contribution in [-0.2, 0) is 27.9 Å². The number of esters is 1. The summed E-state index contributed by atoms with van der Waals surface area (Å²) in [5.74, 6) is -0.329. The van der Waals surface area contributed by atoms with Crippen LogP contribution in [0.25, 0.3) is 0 Å². The molecule has 1 N–H and O–H groups in total. The second kappa shape index (κ2) is 34.8.